The molecule has 1 unspecified atom stereocenters. The molecule has 2 rings (SSSR count). The number of rotatable bonds is 9. The van der Waals surface area contributed by atoms with Gasteiger partial charge in [-0.3, -0.25) is 4.79 Å². The van der Waals surface area contributed by atoms with Crippen LogP contribution < -0.4 is 14.8 Å². The van der Waals surface area contributed by atoms with E-state index in [1.807, 2.05) is 38.1 Å². The van der Waals surface area contributed by atoms with Gasteiger partial charge in [0.05, 0.1) is 31.2 Å². The number of sulfonamides is 1. The fourth-order valence-electron chi connectivity index (χ4n) is 2.83. The highest BCUT2D eigenvalue weighted by Crippen LogP contribution is 2.23. The van der Waals surface area contributed by atoms with E-state index in [4.69, 9.17) is 9.47 Å². The summed E-state index contributed by atoms with van der Waals surface area (Å²) in [5.74, 6) is 0.978. The van der Waals surface area contributed by atoms with E-state index in [0.29, 0.717) is 12.4 Å². The number of carbonyl (C=O) groups excluding carboxylic acids is 1. The number of nitrogens with one attached hydrogen (secondary N) is 1. The van der Waals surface area contributed by atoms with Crippen LogP contribution in [-0.4, -0.2) is 45.9 Å². The maximum Gasteiger partial charge on any atom is 0.243 e. The van der Waals surface area contributed by atoms with Crippen LogP contribution in [0.1, 0.15) is 31.0 Å². The molecule has 0 radical (unpaired) electrons. The van der Waals surface area contributed by atoms with Gasteiger partial charge in [-0.1, -0.05) is 12.1 Å². The van der Waals surface area contributed by atoms with Gasteiger partial charge in [0.2, 0.25) is 15.9 Å². The van der Waals surface area contributed by atoms with Crippen LogP contribution in [0.2, 0.25) is 0 Å². The summed E-state index contributed by atoms with van der Waals surface area (Å²) in [5, 5.41) is 2.82. The van der Waals surface area contributed by atoms with E-state index in [0.717, 1.165) is 21.2 Å². The van der Waals surface area contributed by atoms with Crippen molar-refractivity contribution in [3.63, 3.8) is 0 Å². The smallest absolute Gasteiger partial charge is 0.243 e. The summed E-state index contributed by atoms with van der Waals surface area (Å²) >= 11 is 0. The van der Waals surface area contributed by atoms with E-state index >= 15 is 0 Å². The quantitative estimate of drug-likeness (QED) is 0.674. The summed E-state index contributed by atoms with van der Waals surface area (Å²) in [7, 11) is -0.824. The molecule has 2 aromatic carbocycles. The van der Waals surface area contributed by atoms with E-state index in [1.165, 1.54) is 13.1 Å². The first-order valence-electron chi connectivity index (χ1n) is 9.32. The first kappa shape index (κ1) is 22.7. The number of aryl methyl sites for hydroxylation is 1. The Hall–Kier alpha value is -2.58. The normalized spacial score (nSPS) is 12.5. The van der Waals surface area contributed by atoms with Gasteiger partial charge in [0.25, 0.3) is 0 Å². The minimum atomic E-state index is -3.80. The lowest BCUT2D eigenvalue weighted by Gasteiger charge is -2.20. The number of amides is 1. The Morgan fingerprint density at radius 2 is 1.83 bits per heavy atom. The van der Waals surface area contributed by atoms with E-state index in [-0.39, 0.29) is 23.4 Å². The summed E-state index contributed by atoms with van der Waals surface area (Å²) < 4.78 is 37.2. The lowest BCUT2D eigenvalue weighted by molar-refractivity contribution is -0.121. The van der Waals surface area contributed by atoms with Crippen molar-refractivity contribution in [1.82, 2.24) is 9.62 Å². The van der Waals surface area contributed by atoms with Crippen molar-refractivity contribution >= 4 is 15.9 Å². The molecule has 1 amide bonds. The van der Waals surface area contributed by atoms with Crippen molar-refractivity contribution in [1.29, 1.82) is 0 Å². The standard InChI is InChI=1S/C21H28N2O5S/c1-6-28-20-12-11-19(13-15(20)2)29(25,26)23(4)14-21(24)22-16(3)17-7-9-18(27-5)10-8-17/h7-13,16H,6,14H2,1-5H3,(H,22,24). The maximum atomic E-state index is 12.8. The molecule has 0 aliphatic carbocycles. The highest BCUT2D eigenvalue weighted by atomic mass is 32.2. The summed E-state index contributed by atoms with van der Waals surface area (Å²) in [6, 6.07) is 11.7. The lowest BCUT2D eigenvalue weighted by atomic mass is 10.1. The van der Waals surface area contributed by atoms with Crippen molar-refractivity contribution in [2.75, 3.05) is 27.3 Å². The van der Waals surface area contributed by atoms with E-state index in [2.05, 4.69) is 5.32 Å². The van der Waals surface area contributed by atoms with Crippen LogP contribution in [-0.2, 0) is 14.8 Å². The molecule has 1 atom stereocenters. The molecule has 0 spiro atoms. The summed E-state index contributed by atoms with van der Waals surface area (Å²) in [6.07, 6.45) is 0. The van der Waals surface area contributed by atoms with Crippen molar-refractivity contribution in [2.45, 2.75) is 31.7 Å². The molecule has 158 valence electrons. The Bertz CT molecular complexity index is 942. The molecule has 1 N–H and O–H groups in total. The van der Waals surface area contributed by atoms with Crippen molar-refractivity contribution in [2.24, 2.45) is 0 Å². The molecular weight excluding hydrogens is 392 g/mol. The molecule has 29 heavy (non-hydrogen) atoms. The molecule has 0 aliphatic heterocycles. The van der Waals surface area contributed by atoms with E-state index in [9.17, 15) is 13.2 Å². The minimum Gasteiger partial charge on any atom is -0.497 e. The highest BCUT2D eigenvalue weighted by Gasteiger charge is 2.24. The van der Waals surface area contributed by atoms with Gasteiger partial charge in [-0.15, -0.1) is 0 Å². The SMILES string of the molecule is CCOc1ccc(S(=O)(=O)N(C)CC(=O)NC(C)c2ccc(OC)cc2)cc1C. The molecule has 8 heteroatoms. The average Bonchev–Trinajstić information content (AvgIpc) is 2.69. The third-order valence-corrected chi connectivity index (χ3v) is 6.31. The number of benzene rings is 2. The lowest BCUT2D eigenvalue weighted by Crippen LogP contribution is -2.39. The number of hydrogen-bond acceptors (Lipinski definition) is 5. The Balaban J connectivity index is 2.04. The Labute approximate surface area is 172 Å². The average molecular weight is 421 g/mol. The Morgan fingerprint density at radius 1 is 1.17 bits per heavy atom. The molecular formula is C21H28N2O5S. The van der Waals surface area contributed by atoms with Crippen LogP contribution in [0.3, 0.4) is 0 Å². The number of nitrogens with zero attached hydrogens (tertiary/aromatic N) is 1. The molecule has 2 aromatic rings. The van der Waals surface area contributed by atoms with Gasteiger partial charge in [-0.25, -0.2) is 8.42 Å². The van der Waals surface area contributed by atoms with Crippen LogP contribution in [0.25, 0.3) is 0 Å². The second kappa shape index (κ2) is 9.76. The molecule has 7 nitrogen and oxygen atoms in total. The number of methoxy groups -OCH3 is 1. The third-order valence-electron chi connectivity index (χ3n) is 4.51. The zero-order valence-electron chi connectivity index (χ0n) is 17.4. The summed E-state index contributed by atoms with van der Waals surface area (Å²) in [4.78, 5) is 12.5. The van der Waals surface area contributed by atoms with Crippen LogP contribution in [0.4, 0.5) is 0 Å². The molecule has 0 aromatic heterocycles. The largest absolute Gasteiger partial charge is 0.497 e. The van der Waals surface area contributed by atoms with Gasteiger partial charge >= 0.3 is 0 Å². The zero-order valence-corrected chi connectivity index (χ0v) is 18.2. The van der Waals surface area contributed by atoms with Crippen molar-refractivity contribution in [3.8, 4) is 11.5 Å². The Morgan fingerprint density at radius 3 is 2.38 bits per heavy atom. The maximum absolute atomic E-state index is 12.8. The van der Waals surface area contributed by atoms with Gasteiger partial charge in [-0.05, 0) is 62.2 Å². The summed E-state index contributed by atoms with van der Waals surface area (Å²) in [6.45, 7) is 5.70. The third kappa shape index (κ3) is 5.71. The van der Waals surface area contributed by atoms with Gasteiger partial charge in [0, 0.05) is 7.05 Å². The fourth-order valence-corrected chi connectivity index (χ4v) is 4.04. The van der Waals surface area contributed by atoms with Crippen molar-refractivity contribution < 1.29 is 22.7 Å². The molecule has 0 fully saturated rings. The molecule has 0 saturated heterocycles. The zero-order chi connectivity index (χ0) is 21.6. The molecule has 0 saturated carbocycles. The van der Waals surface area contributed by atoms with Crippen LogP contribution in [0, 0.1) is 6.92 Å². The predicted octanol–water partition coefficient (Wildman–Crippen LogP) is 2.90. The van der Waals surface area contributed by atoms with Crippen LogP contribution >= 0.6 is 0 Å². The van der Waals surface area contributed by atoms with E-state index < -0.39 is 10.0 Å². The first-order chi connectivity index (χ1) is 13.7. The van der Waals surface area contributed by atoms with Gasteiger partial charge in [0.15, 0.2) is 0 Å². The first-order valence-corrected chi connectivity index (χ1v) is 10.8. The number of hydrogen-bond donors (Lipinski definition) is 1. The monoisotopic (exact) mass is 420 g/mol. The Kier molecular flexibility index (Phi) is 7.64. The number of likely N-dealkylation sites (N-methyl/N-ethyl adjacent to an activating group) is 1. The van der Waals surface area contributed by atoms with Gasteiger partial charge < -0.3 is 14.8 Å². The topological polar surface area (TPSA) is 84.9 Å². The van der Waals surface area contributed by atoms with Crippen molar-refractivity contribution in [3.05, 3.63) is 53.6 Å². The molecule has 0 aliphatic rings. The van der Waals surface area contributed by atoms with Gasteiger partial charge in [0.1, 0.15) is 11.5 Å². The number of ether oxygens (including phenoxy) is 2. The minimum absolute atomic E-state index is 0.122. The van der Waals surface area contributed by atoms with E-state index in [1.54, 1.807) is 26.2 Å². The fraction of sp³-hybridized carbons (Fsp3) is 0.381. The van der Waals surface area contributed by atoms with Crippen LogP contribution in [0.5, 0.6) is 11.5 Å². The van der Waals surface area contributed by atoms with Gasteiger partial charge in [-0.2, -0.15) is 4.31 Å². The second-order valence-corrected chi connectivity index (χ2v) is 8.73. The predicted molar refractivity (Wildman–Crippen MR) is 112 cm³/mol. The highest BCUT2D eigenvalue weighted by molar-refractivity contribution is 7.89. The number of carbonyl (C=O) groups is 1. The summed E-state index contributed by atoms with van der Waals surface area (Å²) in [5.41, 5.74) is 1.62. The van der Waals surface area contributed by atoms with Crippen LogP contribution in [0.15, 0.2) is 47.4 Å². The second-order valence-electron chi connectivity index (χ2n) is 6.68. The molecule has 0 heterocycles. The molecule has 0 bridgehead atoms.